The van der Waals surface area contributed by atoms with E-state index in [1.807, 2.05) is 57.8 Å². The third-order valence-corrected chi connectivity index (χ3v) is 6.64. The van der Waals surface area contributed by atoms with E-state index < -0.39 is 0 Å². The predicted molar refractivity (Wildman–Crippen MR) is 122 cm³/mol. The number of furan rings is 1. The topological polar surface area (TPSA) is 67.4 Å². The molecule has 0 unspecified atom stereocenters. The van der Waals surface area contributed by atoms with Crippen molar-refractivity contribution in [1.29, 1.82) is 0 Å². The Labute approximate surface area is 188 Å². The quantitative estimate of drug-likeness (QED) is 0.430. The van der Waals surface area contributed by atoms with Gasteiger partial charge in [0, 0.05) is 38.6 Å². The molecular formula is C23H22FN5O2S. The third-order valence-electron chi connectivity index (χ3n) is 5.63. The lowest BCUT2D eigenvalue weighted by atomic mass is 10.2. The van der Waals surface area contributed by atoms with Crippen molar-refractivity contribution in [2.75, 3.05) is 36.8 Å². The number of thioether (sulfide) groups is 1. The van der Waals surface area contributed by atoms with Crippen molar-refractivity contribution in [2.45, 2.75) is 5.16 Å². The normalized spacial score (nSPS) is 14.3. The van der Waals surface area contributed by atoms with E-state index in [0.29, 0.717) is 48.6 Å². The van der Waals surface area contributed by atoms with Crippen LogP contribution >= 0.6 is 11.8 Å². The van der Waals surface area contributed by atoms with Crippen molar-refractivity contribution < 1.29 is 13.6 Å². The number of aromatic nitrogens is 3. The first-order valence-corrected chi connectivity index (χ1v) is 11.4. The zero-order valence-electron chi connectivity index (χ0n) is 17.6. The number of fused-ring (bicyclic) bond motifs is 1. The van der Waals surface area contributed by atoms with Gasteiger partial charge >= 0.3 is 0 Å². The molecule has 0 N–H and O–H groups in total. The molecule has 0 saturated carbocycles. The molecule has 1 aliphatic rings. The van der Waals surface area contributed by atoms with Gasteiger partial charge in [0.2, 0.25) is 5.91 Å². The SMILES string of the molecule is Cn1c(SCC(=O)N2CCN(c3ccccc3F)CC2)nnc1-c1cc2ccccc2o1. The predicted octanol–water partition coefficient (Wildman–Crippen LogP) is 3.81. The van der Waals surface area contributed by atoms with Crippen LogP contribution in [-0.2, 0) is 11.8 Å². The van der Waals surface area contributed by atoms with Gasteiger partial charge in [-0.25, -0.2) is 4.39 Å². The standard InChI is InChI=1S/C23H22FN5O2S/c1-27-22(20-14-16-6-2-5-9-19(16)31-20)25-26-23(27)32-15-21(30)29-12-10-28(11-13-29)18-8-4-3-7-17(18)24/h2-9,14H,10-13,15H2,1H3. The second kappa shape index (κ2) is 8.66. The smallest absolute Gasteiger partial charge is 0.233 e. The first kappa shape index (κ1) is 20.6. The third kappa shape index (κ3) is 3.95. The van der Waals surface area contributed by atoms with Gasteiger partial charge in [-0.05, 0) is 24.3 Å². The van der Waals surface area contributed by atoms with E-state index in [1.165, 1.54) is 17.8 Å². The lowest BCUT2D eigenvalue weighted by molar-refractivity contribution is -0.128. The molecule has 7 nitrogen and oxygen atoms in total. The first-order valence-electron chi connectivity index (χ1n) is 10.4. The van der Waals surface area contributed by atoms with Crippen molar-refractivity contribution in [2.24, 2.45) is 7.05 Å². The summed E-state index contributed by atoms with van der Waals surface area (Å²) in [6.07, 6.45) is 0. The molecule has 0 aliphatic carbocycles. The number of halogens is 1. The molecule has 1 amide bonds. The van der Waals surface area contributed by atoms with Crippen LogP contribution in [0.4, 0.5) is 10.1 Å². The molecule has 0 radical (unpaired) electrons. The Balaban J connectivity index is 1.19. The summed E-state index contributed by atoms with van der Waals surface area (Å²) in [7, 11) is 1.86. The summed E-state index contributed by atoms with van der Waals surface area (Å²) >= 11 is 1.35. The largest absolute Gasteiger partial charge is 0.453 e. The summed E-state index contributed by atoms with van der Waals surface area (Å²) in [5.74, 6) is 1.34. The summed E-state index contributed by atoms with van der Waals surface area (Å²) in [6, 6.07) is 16.5. The van der Waals surface area contributed by atoms with Gasteiger partial charge in [-0.3, -0.25) is 4.79 Å². The first-order chi connectivity index (χ1) is 15.6. The highest BCUT2D eigenvalue weighted by Gasteiger charge is 2.23. The zero-order valence-corrected chi connectivity index (χ0v) is 18.4. The molecule has 1 aliphatic heterocycles. The van der Waals surface area contributed by atoms with E-state index in [-0.39, 0.29) is 17.5 Å². The summed E-state index contributed by atoms with van der Waals surface area (Å²) in [4.78, 5) is 16.5. The van der Waals surface area contributed by atoms with E-state index in [4.69, 9.17) is 4.42 Å². The number of para-hydroxylation sites is 2. The lowest BCUT2D eigenvalue weighted by Crippen LogP contribution is -2.49. The number of carbonyl (C=O) groups excluding carboxylic acids is 1. The van der Waals surface area contributed by atoms with Gasteiger partial charge in [-0.1, -0.05) is 42.1 Å². The molecule has 32 heavy (non-hydrogen) atoms. The van der Waals surface area contributed by atoms with Crippen molar-refractivity contribution in [3.8, 4) is 11.6 Å². The van der Waals surface area contributed by atoms with Crippen LogP contribution in [0.2, 0.25) is 0 Å². The number of rotatable bonds is 5. The molecule has 164 valence electrons. The number of nitrogens with zero attached hydrogens (tertiary/aromatic N) is 5. The summed E-state index contributed by atoms with van der Waals surface area (Å²) in [5, 5.41) is 10.1. The fourth-order valence-corrected chi connectivity index (χ4v) is 4.68. The van der Waals surface area contributed by atoms with Gasteiger partial charge in [-0.2, -0.15) is 0 Å². The molecule has 0 bridgehead atoms. The highest BCUT2D eigenvalue weighted by atomic mass is 32.2. The average Bonchev–Trinajstić information content (AvgIpc) is 3.41. The van der Waals surface area contributed by atoms with Gasteiger partial charge in [0.1, 0.15) is 11.4 Å². The molecule has 2 aromatic heterocycles. The van der Waals surface area contributed by atoms with Crippen LogP contribution in [0.5, 0.6) is 0 Å². The number of amides is 1. The van der Waals surface area contributed by atoms with Crippen LogP contribution in [0.3, 0.4) is 0 Å². The molecule has 0 atom stereocenters. The summed E-state index contributed by atoms with van der Waals surface area (Å²) < 4.78 is 21.7. The number of hydrogen-bond acceptors (Lipinski definition) is 6. The average molecular weight is 452 g/mol. The van der Waals surface area contributed by atoms with Gasteiger partial charge in [0.25, 0.3) is 0 Å². The van der Waals surface area contributed by atoms with Crippen molar-refractivity contribution in [1.82, 2.24) is 19.7 Å². The summed E-state index contributed by atoms with van der Waals surface area (Å²) in [6.45, 7) is 2.35. The van der Waals surface area contributed by atoms with E-state index in [0.717, 1.165) is 11.0 Å². The molecule has 5 rings (SSSR count). The Bertz CT molecular complexity index is 1230. The van der Waals surface area contributed by atoms with Gasteiger partial charge in [0.05, 0.1) is 11.4 Å². The van der Waals surface area contributed by atoms with Crippen LogP contribution in [0.1, 0.15) is 0 Å². The molecule has 1 saturated heterocycles. The Morgan fingerprint density at radius 3 is 2.59 bits per heavy atom. The monoisotopic (exact) mass is 451 g/mol. The minimum atomic E-state index is -0.231. The van der Waals surface area contributed by atoms with Gasteiger partial charge < -0.3 is 18.8 Å². The van der Waals surface area contributed by atoms with Crippen LogP contribution in [0.25, 0.3) is 22.6 Å². The number of anilines is 1. The number of hydrogen-bond donors (Lipinski definition) is 0. The minimum Gasteiger partial charge on any atom is -0.453 e. The Hall–Kier alpha value is -3.33. The lowest BCUT2D eigenvalue weighted by Gasteiger charge is -2.36. The Morgan fingerprint density at radius 2 is 1.81 bits per heavy atom. The second-order valence-electron chi connectivity index (χ2n) is 7.62. The fourth-order valence-electron chi connectivity index (χ4n) is 3.87. The molecule has 2 aromatic carbocycles. The van der Waals surface area contributed by atoms with E-state index in [1.54, 1.807) is 12.1 Å². The highest BCUT2D eigenvalue weighted by molar-refractivity contribution is 7.99. The van der Waals surface area contributed by atoms with Crippen LogP contribution in [0.15, 0.2) is 64.2 Å². The fraction of sp³-hybridized carbons (Fsp3) is 0.261. The maximum Gasteiger partial charge on any atom is 0.233 e. The second-order valence-corrected chi connectivity index (χ2v) is 8.56. The molecule has 9 heteroatoms. The molecule has 3 heterocycles. The Morgan fingerprint density at radius 1 is 1.06 bits per heavy atom. The molecule has 1 fully saturated rings. The van der Waals surface area contributed by atoms with Crippen molar-refractivity contribution in [3.63, 3.8) is 0 Å². The zero-order chi connectivity index (χ0) is 22.1. The van der Waals surface area contributed by atoms with E-state index in [9.17, 15) is 9.18 Å². The number of carbonyl (C=O) groups is 1. The van der Waals surface area contributed by atoms with Gasteiger partial charge in [0.15, 0.2) is 16.7 Å². The van der Waals surface area contributed by atoms with Gasteiger partial charge in [-0.15, -0.1) is 10.2 Å². The van der Waals surface area contributed by atoms with Crippen LogP contribution in [0, 0.1) is 5.82 Å². The maximum absolute atomic E-state index is 14.0. The number of benzene rings is 2. The Kier molecular flexibility index (Phi) is 5.57. The van der Waals surface area contributed by atoms with Crippen LogP contribution in [-0.4, -0.2) is 57.5 Å². The van der Waals surface area contributed by atoms with Crippen molar-refractivity contribution in [3.05, 3.63) is 60.4 Å². The number of piperazine rings is 1. The minimum absolute atomic E-state index is 0.0384. The molecule has 0 spiro atoms. The molecular weight excluding hydrogens is 429 g/mol. The highest BCUT2D eigenvalue weighted by Crippen LogP contribution is 2.28. The van der Waals surface area contributed by atoms with Crippen LogP contribution < -0.4 is 4.90 Å². The molecule has 4 aromatic rings. The van der Waals surface area contributed by atoms with E-state index in [2.05, 4.69) is 10.2 Å². The maximum atomic E-state index is 14.0. The van der Waals surface area contributed by atoms with E-state index >= 15 is 0 Å². The van der Waals surface area contributed by atoms with Crippen molar-refractivity contribution >= 4 is 34.3 Å². The summed E-state index contributed by atoms with van der Waals surface area (Å²) in [5.41, 5.74) is 1.38.